The lowest BCUT2D eigenvalue weighted by molar-refractivity contribution is -0.133. The summed E-state index contributed by atoms with van der Waals surface area (Å²) < 4.78 is 5.33. The number of carbonyl (C=O) groups is 3. The zero-order chi connectivity index (χ0) is 24.1. The van der Waals surface area contributed by atoms with E-state index in [-0.39, 0.29) is 29.4 Å². The minimum atomic E-state index is -0.532. The summed E-state index contributed by atoms with van der Waals surface area (Å²) in [6.45, 7) is 0. The van der Waals surface area contributed by atoms with E-state index < -0.39 is 17.8 Å². The van der Waals surface area contributed by atoms with Gasteiger partial charge < -0.3 is 9.64 Å². The number of methoxy groups -OCH3 is 1. The van der Waals surface area contributed by atoms with Gasteiger partial charge in [-0.15, -0.1) is 0 Å². The van der Waals surface area contributed by atoms with Gasteiger partial charge in [0.05, 0.1) is 19.1 Å². The molecular weight excluding hydrogens is 438 g/mol. The van der Waals surface area contributed by atoms with Crippen LogP contribution in [0, 0.1) is 23.7 Å². The molecule has 5 nitrogen and oxygen atoms in total. The summed E-state index contributed by atoms with van der Waals surface area (Å²) in [5.74, 6) is -1.05. The first-order valence-electron chi connectivity index (χ1n) is 12.0. The molecule has 5 heteroatoms. The topological polar surface area (TPSA) is 63.7 Å². The lowest BCUT2D eigenvalue weighted by Crippen LogP contribution is -2.60. The van der Waals surface area contributed by atoms with Gasteiger partial charge in [-0.1, -0.05) is 66.7 Å². The van der Waals surface area contributed by atoms with Crippen molar-refractivity contribution in [2.75, 3.05) is 12.0 Å². The number of rotatable bonds is 4. The molecule has 3 aromatic carbocycles. The molecule has 5 atom stereocenters. The smallest absolute Gasteiger partial charge is 0.233 e. The number of ketones is 2. The van der Waals surface area contributed by atoms with Gasteiger partial charge in [0, 0.05) is 34.6 Å². The highest BCUT2D eigenvalue weighted by atomic mass is 16.5. The maximum absolute atomic E-state index is 13.7. The van der Waals surface area contributed by atoms with Gasteiger partial charge >= 0.3 is 0 Å². The number of amides is 1. The van der Waals surface area contributed by atoms with E-state index in [1.165, 1.54) is 0 Å². The van der Waals surface area contributed by atoms with Gasteiger partial charge in [0.25, 0.3) is 0 Å². The van der Waals surface area contributed by atoms with Gasteiger partial charge in [0.15, 0.2) is 11.6 Å². The first-order valence-corrected chi connectivity index (χ1v) is 12.0. The van der Waals surface area contributed by atoms with E-state index in [0.29, 0.717) is 17.5 Å². The molecule has 35 heavy (non-hydrogen) atoms. The van der Waals surface area contributed by atoms with Crippen LogP contribution in [0.3, 0.4) is 0 Å². The molecule has 0 unspecified atom stereocenters. The molecule has 0 saturated carbocycles. The SMILES string of the molecule is COc1ccc([C@@H]2[C@@H]([C@@H]3C=CC[C@@H]4C(=O)c5ccccc5C(=O)[C@H]34)C(=O)N2c2ccccc2)cc1. The fourth-order valence-electron chi connectivity index (χ4n) is 6.10. The average Bonchev–Trinajstić information content (AvgIpc) is 2.91. The van der Waals surface area contributed by atoms with Crippen molar-refractivity contribution in [1.29, 1.82) is 0 Å². The van der Waals surface area contributed by atoms with Crippen molar-refractivity contribution >= 4 is 23.2 Å². The third-order valence-electron chi connectivity index (χ3n) is 7.74. The molecule has 0 bridgehead atoms. The molecule has 0 N–H and O–H groups in total. The first-order chi connectivity index (χ1) is 17.1. The van der Waals surface area contributed by atoms with E-state index in [0.717, 1.165) is 17.0 Å². The van der Waals surface area contributed by atoms with Crippen LogP contribution < -0.4 is 9.64 Å². The van der Waals surface area contributed by atoms with Gasteiger partial charge in [-0.25, -0.2) is 0 Å². The van der Waals surface area contributed by atoms with Gasteiger partial charge in [-0.05, 0) is 36.2 Å². The lowest BCUT2D eigenvalue weighted by atomic mass is 9.59. The Kier molecular flexibility index (Phi) is 5.14. The second-order valence-corrected chi connectivity index (χ2v) is 9.44. The molecule has 0 aromatic heterocycles. The van der Waals surface area contributed by atoms with Crippen LogP contribution in [0.4, 0.5) is 5.69 Å². The van der Waals surface area contributed by atoms with E-state index in [1.54, 1.807) is 31.4 Å². The van der Waals surface area contributed by atoms with E-state index in [1.807, 2.05) is 71.6 Å². The number of fused-ring (bicyclic) bond motifs is 2. The minimum absolute atomic E-state index is 0.00670. The van der Waals surface area contributed by atoms with Crippen LogP contribution in [0.1, 0.15) is 38.7 Å². The van der Waals surface area contributed by atoms with Crippen LogP contribution >= 0.6 is 0 Å². The van der Waals surface area contributed by atoms with Gasteiger partial charge in [0.2, 0.25) is 5.91 Å². The highest BCUT2D eigenvalue weighted by Crippen LogP contribution is 2.53. The van der Waals surface area contributed by atoms with Crippen LogP contribution in [0.15, 0.2) is 91.0 Å². The molecule has 6 rings (SSSR count). The van der Waals surface area contributed by atoms with Gasteiger partial charge in [0.1, 0.15) is 5.75 Å². The number of carbonyl (C=O) groups excluding carboxylic acids is 3. The minimum Gasteiger partial charge on any atom is -0.497 e. The van der Waals surface area contributed by atoms with E-state index >= 15 is 0 Å². The predicted octanol–water partition coefficient (Wildman–Crippen LogP) is 5.29. The highest BCUT2D eigenvalue weighted by Gasteiger charge is 2.57. The predicted molar refractivity (Wildman–Crippen MR) is 132 cm³/mol. The van der Waals surface area contributed by atoms with Crippen molar-refractivity contribution in [3.8, 4) is 5.75 Å². The van der Waals surface area contributed by atoms with Crippen molar-refractivity contribution < 1.29 is 19.1 Å². The number of β-lactam (4-membered cyclic amide) rings is 1. The van der Waals surface area contributed by atoms with Gasteiger partial charge in [-0.2, -0.15) is 0 Å². The molecule has 1 saturated heterocycles. The summed E-state index contributed by atoms with van der Waals surface area (Å²) >= 11 is 0. The quantitative estimate of drug-likeness (QED) is 0.390. The van der Waals surface area contributed by atoms with E-state index in [9.17, 15) is 14.4 Å². The number of benzene rings is 3. The molecule has 1 fully saturated rings. The van der Waals surface area contributed by atoms with Crippen molar-refractivity contribution in [3.05, 3.63) is 108 Å². The Balaban J connectivity index is 1.43. The summed E-state index contributed by atoms with van der Waals surface area (Å²) in [5, 5.41) is 0. The molecular formula is C30H25NO4. The second kappa shape index (κ2) is 8.35. The number of hydrogen-bond donors (Lipinski definition) is 0. The largest absolute Gasteiger partial charge is 0.497 e. The van der Waals surface area contributed by atoms with Crippen LogP contribution in [0.25, 0.3) is 0 Å². The molecule has 1 amide bonds. The maximum Gasteiger partial charge on any atom is 0.233 e. The summed E-state index contributed by atoms with van der Waals surface area (Å²) in [7, 11) is 1.62. The number of ether oxygens (including phenoxy) is 1. The molecule has 3 aliphatic rings. The third kappa shape index (κ3) is 3.26. The zero-order valence-corrected chi connectivity index (χ0v) is 19.3. The van der Waals surface area contributed by atoms with Crippen LogP contribution in [0.2, 0.25) is 0 Å². The summed E-state index contributed by atoms with van der Waals surface area (Å²) in [6.07, 6.45) is 4.51. The van der Waals surface area contributed by atoms with Crippen LogP contribution in [-0.4, -0.2) is 24.6 Å². The van der Waals surface area contributed by atoms with Crippen molar-refractivity contribution in [2.24, 2.45) is 23.7 Å². The summed E-state index contributed by atoms with van der Waals surface area (Å²) in [5.41, 5.74) is 2.78. The third-order valence-corrected chi connectivity index (χ3v) is 7.74. The first kappa shape index (κ1) is 21.5. The second-order valence-electron chi connectivity index (χ2n) is 9.44. The highest BCUT2D eigenvalue weighted by molar-refractivity contribution is 6.16. The average molecular weight is 464 g/mol. The number of para-hydroxylation sites is 1. The lowest BCUT2D eigenvalue weighted by Gasteiger charge is -2.53. The molecule has 0 radical (unpaired) electrons. The Bertz CT molecular complexity index is 1340. The molecule has 1 heterocycles. The molecule has 174 valence electrons. The normalized spacial score (nSPS) is 27.2. The number of Topliss-reactive ketones (excluding diaryl/α,β-unsaturated/α-hetero) is 2. The summed E-state index contributed by atoms with van der Waals surface area (Å²) in [6, 6.07) is 24.2. The molecule has 3 aromatic rings. The number of nitrogens with zero attached hydrogens (tertiary/aromatic N) is 1. The van der Waals surface area contributed by atoms with Crippen LogP contribution in [0.5, 0.6) is 5.75 Å². The maximum atomic E-state index is 13.7. The van der Waals surface area contributed by atoms with Crippen molar-refractivity contribution in [1.82, 2.24) is 0 Å². The Hall–Kier alpha value is -3.99. The van der Waals surface area contributed by atoms with E-state index in [2.05, 4.69) is 0 Å². The molecule has 0 spiro atoms. The van der Waals surface area contributed by atoms with E-state index in [4.69, 9.17) is 4.74 Å². The fourth-order valence-corrected chi connectivity index (χ4v) is 6.10. The number of hydrogen-bond acceptors (Lipinski definition) is 4. The van der Waals surface area contributed by atoms with Crippen LogP contribution in [-0.2, 0) is 4.79 Å². The standard InChI is InChI=1S/C30H25NO4/c1-35-20-16-14-18(15-17-20)27-26(30(34)31(27)19-8-3-2-4-9-19)23-12-7-13-24-25(23)29(33)22-11-6-5-10-21(22)28(24)32/h2-12,14-17,23-27H,13H2,1H3/t23-,24+,25-,26-,27-/m1/s1. The Labute approximate surface area is 204 Å². The van der Waals surface area contributed by atoms with Gasteiger partial charge in [-0.3, -0.25) is 14.4 Å². The number of allylic oxidation sites excluding steroid dienone is 2. The van der Waals surface area contributed by atoms with Crippen molar-refractivity contribution in [3.63, 3.8) is 0 Å². The van der Waals surface area contributed by atoms with Crippen molar-refractivity contribution in [2.45, 2.75) is 12.5 Å². The number of anilines is 1. The zero-order valence-electron chi connectivity index (χ0n) is 19.3. The Morgan fingerprint density at radius 1 is 0.771 bits per heavy atom. The molecule has 2 aliphatic carbocycles. The molecule has 1 aliphatic heterocycles. The Morgan fingerprint density at radius 3 is 2.11 bits per heavy atom. The summed E-state index contributed by atoms with van der Waals surface area (Å²) in [4.78, 5) is 42.6. The fraction of sp³-hybridized carbons (Fsp3) is 0.233. The monoisotopic (exact) mass is 463 g/mol. The Morgan fingerprint density at radius 2 is 1.43 bits per heavy atom.